The highest BCUT2D eigenvalue weighted by atomic mass is 35.5. The molecule has 0 radical (unpaired) electrons. The van der Waals surface area contributed by atoms with Gasteiger partial charge in [-0.3, -0.25) is 9.78 Å². The second kappa shape index (κ2) is 10.5. The van der Waals surface area contributed by atoms with Crippen LogP contribution in [0.1, 0.15) is 22.9 Å². The van der Waals surface area contributed by atoms with Gasteiger partial charge in [-0.05, 0) is 71.6 Å². The minimum Gasteiger partial charge on any atom is -0.361 e. The van der Waals surface area contributed by atoms with E-state index in [0.29, 0.717) is 32.7 Å². The lowest BCUT2D eigenvalue weighted by atomic mass is 9.95. The van der Waals surface area contributed by atoms with Gasteiger partial charge in [-0.2, -0.15) is 0 Å². The summed E-state index contributed by atoms with van der Waals surface area (Å²) in [7, 11) is 0. The molecule has 0 aliphatic rings. The summed E-state index contributed by atoms with van der Waals surface area (Å²) >= 11 is 6.06. The molecule has 0 fully saturated rings. The molecule has 2 aromatic heterocycles. The number of hydrogen-bond donors (Lipinski definition) is 2. The third-order valence-electron chi connectivity index (χ3n) is 6.10. The quantitative estimate of drug-likeness (QED) is 0.244. The van der Waals surface area contributed by atoms with Gasteiger partial charge in [-0.1, -0.05) is 29.8 Å². The topological polar surface area (TPSA) is 57.8 Å². The molecule has 2 heterocycles. The molecule has 186 valence electrons. The predicted molar refractivity (Wildman–Crippen MR) is 138 cm³/mol. The largest absolute Gasteiger partial charge is 0.361 e. The van der Waals surface area contributed by atoms with Crippen LogP contribution in [0, 0.1) is 17.5 Å². The summed E-state index contributed by atoms with van der Waals surface area (Å²) in [6.07, 6.45) is 3.34. The Bertz CT molecular complexity index is 1560. The minimum atomic E-state index is -0.708. The summed E-state index contributed by atoms with van der Waals surface area (Å²) in [5.74, 6) is -2.17. The zero-order valence-corrected chi connectivity index (χ0v) is 20.2. The first-order chi connectivity index (χ1) is 17.9. The number of hydrogen-bond acceptors (Lipinski definition) is 2. The van der Waals surface area contributed by atoms with E-state index in [4.69, 9.17) is 11.6 Å². The van der Waals surface area contributed by atoms with Gasteiger partial charge in [0.25, 0.3) is 0 Å². The second-order valence-corrected chi connectivity index (χ2v) is 9.16. The lowest BCUT2D eigenvalue weighted by Gasteiger charge is -2.22. The van der Waals surface area contributed by atoms with Crippen molar-refractivity contribution in [2.24, 2.45) is 0 Å². The van der Waals surface area contributed by atoms with E-state index in [1.165, 1.54) is 24.3 Å². The summed E-state index contributed by atoms with van der Waals surface area (Å²) in [4.78, 5) is 20.8. The highest BCUT2D eigenvalue weighted by molar-refractivity contribution is 6.30. The smallest absolute Gasteiger partial charge is 0.225 e. The van der Waals surface area contributed by atoms with Gasteiger partial charge in [0, 0.05) is 39.9 Å². The first kappa shape index (κ1) is 24.6. The molecule has 0 aliphatic heterocycles. The molecule has 1 amide bonds. The van der Waals surface area contributed by atoms with Crippen LogP contribution in [0.4, 0.5) is 13.2 Å². The van der Waals surface area contributed by atoms with Crippen molar-refractivity contribution >= 4 is 28.4 Å². The molecule has 0 saturated carbocycles. The Morgan fingerprint density at radius 3 is 2.46 bits per heavy atom. The number of nitrogens with zero attached hydrogens (tertiary/aromatic N) is 1. The average Bonchev–Trinajstić information content (AvgIpc) is 3.25. The van der Waals surface area contributed by atoms with Crippen molar-refractivity contribution in [1.82, 2.24) is 15.3 Å². The van der Waals surface area contributed by atoms with Crippen LogP contribution in [0.2, 0.25) is 5.02 Å². The van der Waals surface area contributed by atoms with Gasteiger partial charge < -0.3 is 10.3 Å². The molecule has 0 bridgehead atoms. The maximum Gasteiger partial charge on any atom is 0.225 e. The van der Waals surface area contributed by atoms with Gasteiger partial charge in [-0.25, -0.2) is 13.2 Å². The van der Waals surface area contributed by atoms with E-state index >= 15 is 0 Å². The zero-order chi connectivity index (χ0) is 25.9. The van der Waals surface area contributed by atoms with Crippen molar-refractivity contribution < 1.29 is 18.0 Å². The molecule has 0 spiro atoms. The number of aromatic amines is 1. The lowest BCUT2D eigenvalue weighted by molar-refractivity contribution is -0.121. The van der Waals surface area contributed by atoms with E-state index in [1.54, 1.807) is 36.7 Å². The second-order valence-electron chi connectivity index (χ2n) is 8.73. The van der Waals surface area contributed by atoms with E-state index in [-0.39, 0.29) is 18.7 Å². The van der Waals surface area contributed by atoms with Gasteiger partial charge >= 0.3 is 0 Å². The number of benzene rings is 3. The summed E-state index contributed by atoms with van der Waals surface area (Å²) in [5, 5.41) is 4.16. The van der Waals surface area contributed by atoms with Crippen LogP contribution in [-0.4, -0.2) is 15.9 Å². The van der Waals surface area contributed by atoms with E-state index in [0.717, 1.165) is 17.2 Å². The molecule has 4 nitrogen and oxygen atoms in total. The summed E-state index contributed by atoms with van der Waals surface area (Å²) < 4.78 is 41.7. The number of rotatable bonds is 7. The van der Waals surface area contributed by atoms with Gasteiger partial charge in [0.05, 0.1) is 18.2 Å². The molecule has 0 aliphatic carbocycles. The van der Waals surface area contributed by atoms with E-state index in [9.17, 15) is 18.0 Å². The zero-order valence-electron chi connectivity index (χ0n) is 19.4. The van der Waals surface area contributed by atoms with Crippen LogP contribution in [0.5, 0.6) is 0 Å². The monoisotopic (exact) mass is 519 g/mol. The number of amides is 1. The third-order valence-corrected chi connectivity index (χ3v) is 6.35. The van der Waals surface area contributed by atoms with Gasteiger partial charge in [-0.15, -0.1) is 0 Å². The van der Waals surface area contributed by atoms with Crippen LogP contribution in [-0.2, 0) is 17.6 Å². The molecular weight excluding hydrogens is 499 g/mol. The number of nitrogens with one attached hydrogen (secondary N) is 2. The Morgan fingerprint density at radius 1 is 0.946 bits per heavy atom. The summed E-state index contributed by atoms with van der Waals surface area (Å²) in [6.45, 7) is 0. The Balaban J connectivity index is 1.49. The van der Waals surface area contributed by atoms with Crippen LogP contribution in [0.15, 0.2) is 85.2 Å². The maximum atomic E-state index is 14.0. The SMILES string of the molecule is O=C(Cc1c[nH]c2ccc(F)cc12)NC(Cc1cc(F)cc(F)c1)c1ncccc1-c1ccc(Cl)cc1. The minimum absolute atomic E-state index is 0.0272. The number of carbonyl (C=O) groups is 1. The summed E-state index contributed by atoms with van der Waals surface area (Å²) in [5.41, 5.74) is 3.81. The average molecular weight is 520 g/mol. The lowest BCUT2D eigenvalue weighted by Crippen LogP contribution is -2.32. The van der Waals surface area contributed by atoms with Crippen molar-refractivity contribution in [3.8, 4) is 11.1 Å². The molecular formula is C29H21ClF3N3O. The fourth-order valence-corrected chi connectivity index (χ4v) is 4.59. The molecule has 1 atom stereocenters. The standard InChI is InChI=1S/C29H21ClF3N3O/c30-20-5-3-18(4-6-20)24-2-1-9-34-29(24)27(12-17-10-22(32)14-23(33)11-17)36-28(37)13-19-16-35-26-8-7-21(31)15-25(19)26/h1-11,14-16,27,35H,12-13H2,(H,36,37). The first-order valence-electron chi connectivity index (χ1n) is 11.6. The van der Waals surface area contributed by atoms with Crippen molar-refractivity contribution in [2.75, 3.05) is 0 Å². The van der Waals surface area contributed by atoms with E-state index in [2.05, 4.69) is 15.3 Å². The fraction of sp³-hybridized carbons (Fsp3) is 0.103. The number of halogens is 4. The van der Waals surface area contributed by atoms with E-state index in [1.807, 2.05) is 18.2 Å². The Kier molecular flexibility index (Phi) is 6.97. The number of pyridine rings is 1. The normalized spacial score (nSPS) is 12.0. The summed E-state index contributed by atoms with van der Waals surface area (Å²) in [6, 6.07) is 17.7. The highest BCUT2D eigenvalue weighted by Gasteiger charge is 2.22. The molecule has 3 aromatic carbocycles. The molecule has 5 aromatic rings. The predicted octanol–water partition coefficient (Wildman–Crippen LogP) is 6.94. The highest BCUT2D eigenvalue weighted by Crippen LogP contribution is 2.30. The Morgan fingerprint density at radius 2 is 1.70 bits per heavy atom. The van der Waals surface area contributed by atoms with E-state index < -0.39 is 23.5 Å². The first-order valence-corrected chi connectivity index (χ1v) is 11.9. The number of fused-ring (bicyclic) bond motifs is 1. The third kappa shape index (κ3) is 5.67. The molecule has 2 N–H and O–H groups in total. The van der Waals surface area contributed by atoms with Crippen molar-refractivity contribution in [3.63, 3.8) is 0 Å². The molecule has 0 saturated heterocycles. The number of carbonyl (C=O) groups excluding carboxylic acids is 1. The van der Waals surface area contributed by atoms with Crippen LogP contribution >= 0.6 is 11.6 Å². The Hall–Kier alpha value is -4.10. The van der Waals surface area contributed by atoms with Gasteiger partial charge in [0.1, 0.15) is 17.5 Å². The molecule has 1 unspecified atom stereocenters. The molecule has 37 heavy (non-hydrogen) atoms. The number of aromatic nitrogens is 2. The Labute approximate surface area is 216 Å². The van der Waals surface area contributed by atoms with Crippen LogP contribution in [0.3, 0.4) is 0 Å². The van der Waals surface area contributed by atoms with Crippen molar-refractivity contribution in [1.29, 1.82) is 0 Å². The van der Waals surface area contributed by atoms with Crippen LogP contribution < -0.4 is 5.32 Å². The van der Waals surface area contributed by atoms with Crippen molar-refractivity contribution in [2.45, 2.75) is 18.9 Å². The van der Waals surface area contributed by atoms with Crippen molar-refractivity contribution in [3.05, 3.63) is 124 Å². The molecule has 8 heteroatoms. The van der Waals surface area contributed by atoms with Crippen LogP contribution in [0.25, 0.3) is 22.0 Å². The maximum absolute atomic E-state index is 14.0. The fourth-order valence-electron chi connectivity index (χ4n) is 4.46. The van der Waals surface area contributed by atoms with Gasteiger partial charge in [0.15, 0.2) is 0 Å². The molecule has 5 rings (SSSR count). The van der Waals surface area contributed by atoms with Gasteiger partial charge in [0.2, 0.25) is 5.91 Å². The number of H-pyrrole nitrogens is 1.